The van der Waals surface area contributed by atoms with E-state index in [0.29, 0.717) is 0 Å². The van der Waals surface area contributed by atoms with E-state index in [1.165, 1.54) is 7.05 Å². The van der Waals surface area contributed by atoms with Gasteiger partial charge in [-0.15, -0.1) is 10.2 Å². The maximum absolute atomic E-state index is 12.3. The molecule has 0 saturated carbocycles. The van der Waals surface area contributed by atoms with Crippen LogP contribution in [0.5, 0.6) is 0 Å². The molecule has 92 valence electrons. The van der Waals surface area contributed by atoms with Crippen molar-refractivity contribution in [3.63, 3.8) is 0 Å². The Morgan fingerprint density at radius 3 is 2.50 bits per heavy atom. The summed E-state index contributed by atoms with van der Waals surface area (Å²) in [4.78, 5) is 0. The third-order valence-corrected chi connectivity index (χ3v) is 1.89. The Morgan fingerprint density at radius 2 is 2.06 bits per heavy atom. The van der Waals surface area contributed by atoms with Crippen LogP contribution in [0.15, 0.2) is 0 Å². The van der Waals surface area contributed by atoms with Gasteiger partial charge in [0.1, 0.15) is 12.4 Å². The molecule has 0 aromatic carbocycles. The summed E-state index contributed by atoms with van der Waals surface area (Å²) in [5.41, 5.74) is 5.53. The summed E-state index contributed by atoms with van der Waals surface area (Å²) in [6.07, 6.45) is -4.05. The summed E-state index contributed by atoms with van der Waals surface area (Å²) < 4.78 is 37.9. The number of hydrogen-bond donors (Lipinski definition) is 2. The second-order valence-corrected chi connectivity index (χ2v) is 3.57. The first kappa shape index (κ1) is 12.8. The second kappa shape index (κ2) is 4.69. The van der Waals surface area contributed by atoms with Gasteiger partial charge in [-0.1, -0.05) is 0 Å². The molecule has 0 aliphatic rings. The van der Waals surface area contributed by atoms with Crippen LogP contribution in [-0.4, -0.2) is 34.0 Å². The first-order valence-corrected chi connectivity index (χ1v) is 4.75. The van der Waals surface area contributed by atoms with Crippen molar-refractivity contribution in [1.29, 1.82) is 0 Å². The van der Waals surface area contributed by atoms with Gasteiger partial charge in [-0.3, -0.25) is 4.57 Å². The summed E-state index contributed by atoms with van der Waals surface area (Å²) in [6, 6.07) is -0.263. The first-order chi connectivity index (χ1) is 7.33. The summed E-state index contributed by atoms with van der Waals surface area (Å²) in [5, 5.41) is 9.86. The number of hydrogen-bond acceptors (Lipinski definition) is 4. The summed E-state index contributed by atoms with van der Waals surface area (Å²) in [7, 11) is 1.49. The lowest BCUT2D eigenvalue weighted by molar-refractivity contribution is -0.140. The molecule has 1 unspecified atom stereocenters. The molecule has 1 aromatic rings. The Morgan fingerprint density at radius 1 is 1.44 bits per heavy atom. The minimum atomic E-state index is -4.30. The van der Waals surface area contributed by atoms with E-state index in [-0.39, 0.29) is 24.2 Å². The molecular weight excluding hydrogens is 223 g/mol. The maximum atomic E-state index is 12.3. The van der Waals surface area contributed by atoms with Crippen molar-refractivity contribution in [2.75, 3.05) is 12.4 Å². The highest BCUT2D eigenvalue weighted by Crippen LogP contribution is 2.21. The van der Waals surface area contributed by atoms with Gasteiger partial charge in [0.05, 0.1) is 0 Å². The van der Waals surface area contributed by atoms with Gasteiger partial charge in [-0.05, 0) is 6.92 Å². The zero-order valence-corrected chi connectivity index (χ0v) is 9.04. The molecule has 16 heavy (non-hydrogen) atoms. The molecule has 3 N–H and O–H groups in total. The van der Waals surface area contributed by atoms with Gasteiger partial charge in [0.25, 0.3) is 0 Å². The predicted octanol–water partition coefficient (Wildman–Crippen LogP) is 0.772. The molecule has 1 aromatic heterocycles. The van der Waals surface area contributed by atoms with E-state index in [9.17, 15) is 13.2 Å². The Hall–Kier alpha value is -1.31. The number of alkyl halides is 3. The summed E-state index contributed by atoms with van der Waals surface area (Å²) in [5.74, 6) is 0.324. The largest absolute Gasteiger partial charge is 0.406 e. The Balaban J connectivity index is 2.96. The third kappa shape index (κ3) is 3.37. The number of nitrogens with one attached hydrogen (secondary N) is 1. The molecule has 0 saturated heterocycles. The van der Waals surface area contributed by atoms with E-state index in [4.69, 9.17) is 5.73 Å². The summed E-state index contributed by atoms with van der Waals surface area (Å²) >= 11 is 0. The zero-order chi connectivity index (χ0) is 12.3. The van der Waals surface area contributed by atoms with Crippen LogP contribution >= 0.6 is 0 Å². The van der Waals surface area contributed by atoms with E-state index in [1.54, 1.807) is 6.92 Å². The quantitative estimate of drug-likeness (QED) is 0.811. The van der Waals surface area contributed by atoms with Crippen LogP contribution in [0.25, 0.3) is 0 Å². The SMILES string of the molecule is CNc1nnc(CC(C)N)n1CC(F)(F)F. The molecule has 0 spiro atoms. The van der Waals surface area contributed by atoms with Crippen molar-refractivity contribution < 1.29 is 13.2 Å². The predicted molar refractivity (Wildman–Crippen MR) is 53.0 cm³/mol. The smallest absolute Gasteiger partial charge is 0.357 e. The van der Waals surface area contributed by atoms with Crippen molar-refractivity contribution in [1.82, 2.24) is 14.8 Å². The van der Waals surface area contributed by atoms with Gasteiger partial charge in [0.15, 0.2) is 0 Å². The van der Waals surface area contributed by atoms with Gasteiger partial charge in [0, 0.05) is 19.5 Å². The van der Waals surface area contributed by atoms with Crippen molar-refractivity contribution in [2.45, 2.75) is 32.1 Å². The van der Waals surface area contributed by atoms with Gasteiger partial charge < -0.3 is 11.1 Å². The van der Waals surface area contributed by atoms with Gasteiger partial charge in [-0.25, -0.2) is 0 Å². The molecule has 5 nitrogen and oxygen atoms in total. The fourth-order valence-corrected chi connectivity index (χ4v) is 1.30. The molecule has 0 amide bonds. The Labute approximate surface area is 90.8 Å². The highest BCUT2D eigenvalue weighted by Gasteiger charge is 2.30. The van der Waals surface area contributed by atoms with Gasteiger partial charge >= 0.3 is 6.18 Å². The lowest BCUT2D eigenvalue weighted by Crippen LogP contribution is -2.25. The van der Waals surface area contributed by atoms with Crippen molar-refractivity contribution in [3.8, 4) is 0 Å². The normalized spacial score (nSPS) is 13.9. The lowest BCUT2D eigenvalue weighted by atomic mass is 10.2. The van der Waals surface area contributed by atoms with Crippen LogP contribution < -0.4 is 11.1 Å². The van der Waals surface area contributed by atoms with Crippen molar-refractivity contribution in [3.05, 3.63) is 5.82 Å². The van der Waals surface area contributed by atoms with Crippen LogP contribution in [-0.2, 0) is 13.0 Å². The third-order valence-electron chi connectivity index (χ3n) is 1.89. The topological polar surface area (TPSA) is 68.8 Å². The number of nitrogens with zero attached hydrogens (tertiary/aromatic N) is 3. The molecule has 8 heteroatoms. The second-order valence-electron chi connectivity index (χ2n) is 3.57. The van der Waals surface area contributed by atoms with E-state index >= 15 is 0 Å². The van der Waals surface area contributed by atoms with E-state index in [2.05, 4.69) is 15.5 Å². The molecule has 0 fully saturated rings. The maximum Gasteiger partial charge on any atom is 0.406 e. The minimum Gasteiger partial charge on any atom is -0.357 e. The monoisotopic (exact) mass is 237 g/mol. The zero-order valence-electron chi connectivity index (χ0n) is 9.04. The first-order valence-electron chi connectivity index (χ1n) is 4.75. The number of anilines is 1. The highest BCUT2D eigenvalue weighted by molar-refractivity contribution is 5.24. The Kier molecular flexibility index (Phi) is 3.74. The number of nitrogens with two attached hydrogens (primary N) is 1. The van der Waals surface area contributed by atoms with Crippen LogP contribution in [0.3, 0.4) is 0 Å². The van der Waals surface area contributed by atoms with E-state index in [0.717, 1.165) is 4.57 Å². The number of aromatic nitrogens is 3. The molecule has 0 aliphatic carbocycles. The van der Waals surface area contributed by atoms with Crippen LogP contribution in [0.2, 0.25) is 0 Å². The Bertz CT molecular complexity index is 344. The highest BCUT2D eigenvalue weighted by atomic mass is 19.4. The fraction of sp³-hybridized carbons (Fsp3) is 0.750. The minimum absolute atomic E-state index is 0.0907. The van der Waals surface area contributed by atoms with Crippen molar-refractivity contribution in [2.24, 2.45) is 5.73 Å². The molecule has 1 heterocycles. The van der Waals surface area contributed by atoms with E-state index in [1.807, 2.05) is 0 Å². The molecule has 1 rings (SSSR count). The summed E-state index contributed by atoms with van der Waals surface area (Å²) in [6.45, 7) is 0.587. The molecular formula is C8H14F3N5. The molecule has 0 aliphatic heterocycles. The van der Waals surface area contributed by atoms with Crippen LogP contribution in [0, 0.1) is 0 Å². The molecule has 0 radical (unpaired) electrons. The van der Waals surface area contributed by atoms with Crippen LogP contribution in [0.1, 0.15) is 12.7 Å². The van der Waals surface area contributed by atoms with Gasteiger partial charge in [-0.2, -0.15) is 13.2 Å². The number of halogens is 3. The van der Waals surface area contributed by atoms with Gasteiger partial charge in [0.2, 0.25) is 5.95 Å². The van der Waals surface area contributed by atoms with Crippen molar-refractivity contribution >= 4 is 5.95 Å². The molecule has 0 bridgehead atoms. The standard InChI is InChI=1S/C8H14F3N5/c1-5(12)3-6-14-15-7(13-2)16(6)4-8(9,10)11/h5H,3-4,12H2,1-2H3,(H,13,15). The average Bonchev–Trinajstić information content (AvgIpc) is 2.45. The van der Waals surface area contributed by atoms with E-state index < -0.39 is 12.7 Å². The average molecular weight is 237 g/mol. The number of rotatable bonds is 4. The molecule has 1 atom stereocenters. The fourth-order valence-electron chi connectivity index (χ4n) is 1.30. The lowest BCUT2D eigenvalue weighted by Gasteiger charge is -2.13. The van der Waals surface area contributed by atoms with Crippen LogP contribution in [0.4, 0.5) is 19.1 Å².